The average Bonchev–Trinajstić information content (AvgIpc) is 2.41. The third kappa shape index (κ3) is 2.85. The van der Waals surface area contributed by atoms with E-state index in [4.69, 9.17) is 0 Å². The molecule has 1 aromatic carbocycles. The highest BCUT2D eigenvalue weighted by Gasteiger charge is 2.20. The van der Waals surface area contributed by atoms with Crippen molar-refractivity contribution in [3.05, 3.63) is 59.2 Å². The predicted octanol–water partition coefficient (Wildman–Crippen LogP) is 3.74. The molecule has 2 aromatic rings. The van der Waals surface area contributed by atoms with Crippen molar-refractivity contribution in [3.8, 4) is 6.07 Å². The second kappa shape index (κ2) is 5.42. The standard InChI is InChI=1S/C17H19N3/c1-12-10-13(17(2,3)4)6-7-14(12)15(11-18)16-19-8-5-9-20-16/h5-10,15H,1-4H3. The second-order valence-corrected chi connectivity index (χ2v) is 5.99. The van der Waals surface area contributed by atoms with E-state index in [2.05, 4.69) is 48.9 Å². The fraction of sp³-hybridized carbons (Fsp3) is 0.353. The maximum absolute atomic E-state index is 9.46. The Morgan fingerprint density at radius 3 is 2.30 bits per heavy atom. The summed E-state index contributed by atoms with van der Waals surface area (Å²) < 4.78 is 0. The van der Waals surface area contributed by atoms with E-state index in [1.54, 1.807) is 18.5 Å². The molecule has 0 fully saturated rings. The van der Waals surface area contributed by atoms with Crippen LogP contribution in [0.15, 0.2) is 36.7 Å². The smallest absolute Gasteiger partial charge is 0.149 e. The van der Waals surface area contributed by atoms with Gasteiger partial charge in [-0.05, 0) is 35.1 Å². The lowest BCUT2D eigenvalue weighted by molar-refractivity contribution is 0.589. The number of nitriles is 1. The second-order valence-electron chi connectivity index (χ2n) is 5.99. The molecule has 20 heavy (non-hydrogen) atoms. The van der Waals surface area contributed by atoms with E-state index in [1.165, 1.54) is 5.56 Å². The van der Waals surface area contributed by atoms with Gasteiger partial charge in [-0.15, -0.1) is 0 Å². The molecule has 0 amide bonds. The van der Waals surface area contributed by atoms with Crippen LogP contribution in [0.5, 0.6) is 0 Å². The minimum atomic E-state index is -0.412. The van der Waals surface area contributed by atoms with Gasteiger partial charge < -0.3 is 0 Å². The summed E-state index contributed by atoms with van der Waals surface area (Å²) in [5, 5.41) is 9.46. The van der Waals surface area contributed by atoms with Crippen LogP contribution < -0.4 is 0 Å². The first-order valence-corrected chi connectivity index (χ1v) is 6.71. The number of aromatic nitrogens is 2. The van der Waals surface area contributed by atoms with E-state index in [0.29, 0.717) is 5.82 Å². The summed E-state index contributed by atoms with van der Waals surface area (Å²) in [6.45, 7) is 8.59. The van der Waals surface area contributed by atoms with Gasteiger partial charge in [-0.1, -0.05) is 39.0 Å². The van der Waals surface area contributed by atoms with E-state index in [-0.39, 0.29) is 5.41 Å². The Hall–Kier alpha value is -2.21. The van der Waals surface area contributed by atoms with Crippen molar-refractivity contribution >= 4 is 0 Å². The van der Waals surface area contributed by atoms with Gasteiger partial charge in [0.15, 0.2) is 0 Å². The number of hydrogen-bond donors (Lipinski definition) is 0. The van der Waals surface area contributed by atoms with Crippen molar-refractivity contribution < 1.29 is 0 Å². The van der Waals surface area contributed by atoms with Gasteiger partial charge in [-0.2, -0.15) is 5.26 Å². The molecule has 0 bridgehead atoms. The Kier molecular flexibility index (Phi) is 3.85. The molecule has 0 saturated carbocycles. The first-order valence-electron chi connectivity index (χ1n) is 6.71. The number of rotatable bonds is 2. The first-order chi connectivity index (χ1) is 9.43. The molecule has 3 nitrogen and oxygen atoms in total. The van der Waals surface area contributed by atoms with Crippen molar-refractivity contribution in [3.63, 3.8) is 0 Å². The van der Waals surface area contributed by atoms with Crippen molar-refractivity contribution in [1.29, 1.82) is 5.26 Å². The van der Waals surface area contributed by atoms with Crippen LogP contribution >= 0.6 is 0 Å². The van der Waals surface area contributed by atoms with Crippen molar-refractivity contribution in [1.82, 2.24) is 9.97 Å². The van der Waals surface area contributed by atoms with Gasteiger partial charge >= 0.3 is 0 Å². The highest BCUT2D eigenvalue weighted by atomic mass is 14.9. The Labute approximate surface area is 120 Å². The molecule has 0 radical (unpaired) electrons. The van der Waals surface area contributed by atoms with Crippen LogP contribution in [0.25, 0.3) is 0 Å². The SMILES string of the molecule is Cc1cc(C(C)(C)C)ccc1C(C#N)c1ncccn1. The summed E-state index contributed by atoms with van der Waals surface area (Å²) in [6.07, 6.45) is 3.34. The Balaban J connectivity index is 2.45. The Morgan fingerprint density at radius 1 is 1.15 bits per heavy atom. The van der Waals surface area contributed by atoms with E-state index < -0.39 is 5.92 Å². The number of benzene rings is 1. The zero-order valence-electron chi connectivity index (χ0n) is 12.4. The molecule has 0 N–H and O–H groups in total. The molecule has 0 aliphatic rings. The predicted molar refractivity (Wildman–Crippen MR) is 79.4 cm³/mol. The van der Waals surface area contributed by atoms with E-state index in [1.807, 2.05) is 13.0 Å². The molecular formula is C17H19N3. The lowest BCUT2D eigenvalue weighted by Crippen LogP contribution is -2.12. The van der Waals surface area contributed by atoms with Gasteiger partial charge in [0.25, 0.3) is 0 Å². The van der Waals surface area contributed by atoms with Gasteiger partial charge in [-0.25, -0.2) is 9.97 Å². The Morgan fingerprint density at radius 2 is 1.80 bits per heavy atom. The number of hydrogen-bond acceptors (Lipinski definition) is 3. The summed E-state index contributed by atoms with van der Waals surface area (Å²) in [7, 11) is 0. The lowest BCUT2D eigenvalue weighted by Gasteiger charge is -2.21. The van der Waals surface area contributed by atoms with E-state index >= 15 is 0 Å². The van der Waals surface area contributed by atoms with E-state index in [0.717, 1.165) is 11.1 Å². The molecule has 1 heterocycles. The molecule has 1 unspecified atom stereocenters. The monoisotopic (exact) mass is 265 g/mol. The van der Waals surface area contributed by atoms with E-state index in [9.17, 15) is 5.26 Å². The molecule has 102 valence electrons. The largest absolute Gasteiger partial charge is 0.240 e. The molecule has 1 atom stereocenters. The zero-order chi connectivity index (χ0) is 14.8. The minimum absolute atomic E-state index is 0.106. The molecule has 0 aliphatic heterocycles. The maximum Gasteiger partial charge on any atom is 0.149 e. The summed E-state index contributed by atoms with van der Waals surface area (Å²) in [5.74, 6) is 0.145. The minimum Gasteiger partial charge on any atom is -0.240 e. The van der Waals surface area contributed by atoms with Crippen LogP contribution in [-0.4, -0.2) is 9.97 Å². The summed E-state index contributed by atoms with van der Waals surface area (Å²) in [6, 6.07) is 10.3. The third-order valence-corrected chi connectivity index (χ3v) is 3.42. The van der Waals surface area contributed by atoms with Crippen molar-refractivity contribution in [2.75, 3.05) is 0 Å². The fourth-order valence-corrected chi connectivity index (χ4v) is 2.19. The Bertz CT molecular complexity index is 634. The van der Waals surface area contributed by atoms with Gasteiger partial charge in [0, 0.05) is 12.4 Å². The number of aryl methyl sites for hydroxylation is 1. The van der Waals surface area contributed by atoms with Crippen molar-refractivity contribution in [2.24, 2.45) is 0 Å². The molecule has 3 heteroatoms. The first kappa shape index (κ1) is 14.2. The molecular weight excluding hydrogens is 246 g/mol. The van der Waals surface area contributed by atoms with Crippen LogP contribution in [0, 0.1) is 18.3 Å². The maximum atomic E-state index is 9.46. The van der Waals surface area contributed by atoms with Gasteiger partial charge in [0.05, 0.1) is 6.07 Å². The van der Waals surface area contributed by atoms with Gasteiger partial charge in [0.1, 0.15) is 11.7 Å². The molecule has 2 rings (SSSR count). The van der Waals surface area contributed by atoms with Gasteiger partial charge in [-0.3, -0.25) is 0 Å². The van der Waals surface area contributed by atoms with Crippen LogP contribution in [0.2, 0.25) is 0 Å². The molecule has 0 aliphatic carbocycles. The molecule has 1 aromatic heterocycles. The quantitative estimate of drug-likeness (QED) is 0.831. The fourth-order valence-electron chi connectivity index (χ4n) is 2.19. The topological polar surface area (TPSA) is 49.6 Å². The van der Waals surface area contributed by atoms with Crippen LogP contribution in [-0.2, 0) is 5.41 Å². The van der Waals surface area contributed by atoms with Crippen LogP contribution in [0.4, 0.5) is 0 Å². The van der Waals surface area contributed by atoms with Crippen LogP contribution in [0.3, 0.4) is 0 Å². The molecule has 0 spiro atoms. The summed E-state index contributed by atoms with van der Waals surface area (Å²) in [4.78, 5) is 8.41. The highest BCUT2D eigenvalue weighted by molar-refractivity contribution is 5.41. The normalized spacial score (nSPS) is 12.8. The lowest BCUT2D eigenvalue weighted by atomic mass is 9.83. The summed E-state index contributed by atoms with van der Waals surface area (Å²) in [5.41, 5.74) is 3.46. The van der Waals surface area contributed by atoms with Crippen LogP contribution in [0.1, 0.15) is 49.2 Å². The van der Waals surface area contributed by atoms with Gasteiger partial charge in [0.2, 0.25) is 0 Å². The highest BCUT2D eigenvalue weighted by Crippen LogP contribution is 2.29. The third-order valence-electron chi connectivity index (χ3n) is 3.42. The average molecular weight is 265 g/mol. The number of nitrogens with zero attached hydrogens (tertiary/aromatic N) is 3. The summed E-state index contributed by atoms with van der Waals surface area (Å²) >= 11 is 0. The van der Waals surface area contributed by atoms with Crippen molar-refractivity contribution in [2.45, 2.75) is 39.0 Å². The molecule has 0 saturated heterocycles. The zero-order valence-corrected chi connectivity index (χ0v) is 12.4.